The smallest absolute Gasteiger partial charge is 0.267 e. The summed E-state index contributed by atoms with van der Waals surface area (Å²) < 4.78 is 28.7. The van der Waals surface area contributed by atoms with Crippen LogP contribution >= 0.6 is 0 Å². The summed E-state index contributed by atoms with van der Waals surface area (Å²) in [5.41, 5.74) is 1.07. The molecule has 0 fully saturated rings. The van der Waals surface area contributed by atoms with Gasteiger partial charge in [0.25, 0.3) is 5.91 Å². The van der Waals surface area contributed by atoms with Crippen molar-refractivity contribution in [2.75, 3.05) is 23.0 Å². The van der Waals surface area contributed by atoms with E-state index in [0.29, 0.717) is 17.1 Å². The molecule has 0 spiro atoms. The molecule has 0 saturated heterocycles. The molecule has 2 amide bonds. The van der Waals surface area contributed by atoms with E-state index in [0.717, 1.165) is 6.26 Å². The molecule has 1 unspecified atom stereocenters. The second-order valence-electron chi connectivity index (χ2n) is 5.99. The van der Waals surface area contributed by atoms with Crippen LogP contribution in [0.1, 0.15) is 6.92 Å². The predicted molar refractivity (Wildman–Crippen MR) is 97.1 cm³/mol. The number of amides is 2. The maximum absolute atomic E-state index is 12.5. The molecule has 1 atom stereocenters. The van der Waals surface area contributed by atoms with Gasteiger partial charge in [0, 0.05) is 18.9 Å². The van der Waals surface area contributed by atoms with Crippen LogP contribution in [0.15, 0.2) is 53.4 Å². The van der Waals surface area contributed by atoms with Crippen LogP contribution in [-0.2, 0) is 19.4 Å². The maximum atomic E-state index is 12.5. The number of ether oxygens (including phenoxy) is 1. The van der Waals surface area contributed by atoms with Gasteiger partial charge in [0.05, 0.1) is 17.1 Å². The highest BCUT2D eigenvalue weighted by Gasteiger charge is 2.32. The minimum Gasteiger partial charge on any atom is -0.476 e. The van der Waals surface area contributed by atoms with Crippen molar-refractivity contribution in [3.05, 3.63) is 48.5 Å². The zero-order valence-corrected chi connectivity index (χ0v) is 15.1. The van der Waals surface area contributed by atoms with E-state index in [1.165, 1.54) is 36.1 Å². The number of nitrogens with one attached hydrogen (secondary N) is 1. The summed E-state index contributed by atoms with van der Waals surface area (Å²) in [6.45, 7) is 1.53. The second-order valence-corrected chi connectivity index (χ2v) is 8.01. The Morgan fingerprint density at radius 2 is 1.77 bits per heavy atom. The molecule has 2 aromatic rings. The molecule has 26 heavy (non-hydrogen) atoms. The number of benzene rings is 2. The van der Waals surface area contributed by atoms with Gasteiger partial charge in [0.2, 0.25) is 5.91 Å². The first-order valence-corrected chi connectivity index (χ1v) is 9.79. The van der Waals surface area contributed by atoms with Gasteiger partial charge in [-0.2, -0.15) is 0 Å². The number of anilines is 2. The van der Waals surface area contributed by atoms with Crippen molar-refractivity contribution in [2.24, 2.45) is 0 Å². The van der Waals surface area contributed by atoms with Crippen LogP contribution in [0.3, 0.4) is 0 Å². The Morgan fingerprint density at radius 3 is 2.38 bits per heavy atom. The van der Waals surface area contributed by atoms with Crippen LogP contribution < -0.4 is 15.0 Å². The largest absolute Gasteiger partial charge is 0.476 e. The minimum atomic E-state index is -3.30. The van der Waals surface area contributed by atoms with E-state index in [-0.39, 0.29) is 17.3 Å². The first-order valence-electron chi connectivity index (χ1n) is 7.90. The zero-order valence-electron chi connectivity index (χ0n) is 14.3. The lowest BCUT2D eigenvalue weighted by atomic mass is 10.1. The lowest BCUT2D eigenvalue weighted by Crippen LogP contribution is -2.48. The predicted octanol–water partition coefficient (Wildman–Crippen LogP) is 1.84. The number of para-hydroxylation sites is 2. The van der Waals surface area contributed by atoms with E-state index in [2.05, 4.69) is 5.32 Å². The SMILES string of the molecule is CC(=O)N1CC(C(=O)Nc2ccc(S(C)(=O)=O)cc2)Oc2ccccc21. The molecule has 0 bridgehead atoms. The Morgan fingerprint density at radius 1 is 1.12 bits per heavy atom. The molecular weight excluding hydrogens is 356 g/mol. The third kappa shape index (κ3) is 3.70. The van der Waals surface area contributed by atoms with E-state index < -0.39 is 21.8 Å². The number of sulfone groups is 1. The van der Waals surface area contributed by atoms with Crippen molar-refractivity contribution >= 4 is 33.0 Å². The molecule has 0 aromatic heterocycles. The second kappa shape index (κ2) is 6.80. The monoisotopic (exact) mass is 374 g/mol. The fraction of sp³-hybridized carbons (Fsp3) is 0.222. The summed E-state index contributed by atoms with van der Waals surface area (Å²) in [6.07, 6.45) is 0.243. The van der Waals surface area contributed by atoms with Gasteiger partial charge in [0.1, 0.15) is 5.75 Å². The Balaban J connectivity index is 1.77. The standard InChI is InChI=1S/C18H18N2O5S/c1-12(21)20-11-17(25-16-6-4-3-5-15(16)20)18(22)19-13-7-9-14(10-8-13)26(2,23)24/h3-10,17H,11H2,1-2H3,(H,19,22). The minimum absolute atomic E-state index is 0.0968. The van der Waals surface area contributed by atoms with Crippen LogP contribution in [-0.4, -0.2) is 39.1 Å². The molecular formula is C18H18N2O5S. The average molecular weight is 374 g/mol. The topological polar surface area (TPSA) is 92.8 Å². The number of carbonyl (C=O) groups is 2. The Hall–Kier alpha value is -2.87. The van der Waals surface area contributed by atoms with Crippen molar-refractivity contribution in [3.8, 4) is 5.75 Å². The number of fused-ring (bicyclic) bond motifs is 1. The van der Waals surface area contributed by atoms with Gasteiger partial charge in [0.15, 0.2) is 15.9 Å². The Kier molecular flexibility index (Phi) is 4.69. The average Bonchev–Trinajstić information content (AvgIpc) is 2.60. The quantitative estimate of drug-likeness (QED) is 0.885. The van der Waals surface area contributed by atoms with Gasteiger partial charge in [-0.05, 0) is 36.4 Å². The van der Waals surface area contributed by atoms with Crippen molar-refractivity contribution < 1.29 is 22.7 Å². The molecule has 1 aliphatic heterocycles. The van der Waals surface area contributed by atoms with E-state index in [1.54, 1.807) is 24.3 Å². The molecule has 1 aliphatic rings. The zero-order chi connectivity index (χ0) is 18.9. The van der Waals surface area contributed by atoms with Gasteiger partial charge in [-0.15, -0.1) is 0 Å². The van der Waals surface area contributed by atoms with Gasteiger partial charge in [-0.3, -0.25) is 9.59 Å². The molecule has 2 aromatic carbocycles. The van der Waals surface area contributed by atoms with Crippen molar-refractivity contribution in [1.29, 1.82) is 0 Å². The molecule has 3 rings (SSSR count). The number of hydrogen-bond donors (Lipinski definition) is 1. The van der Waals surface area contributed by atoms with Crippen LogP contribution in [0.5, 0.6) is 5.75 Å². The van der Waals surface area contributed by atoms with Crippen molar-refractivity contribution in [1.82, 2.24) is 0 Å². The molecule has 1 N–H and O–H groups in total. The number of nitrogens with zero attached hydrogens (tertiary/aromatic N) is 1. The normalized spacial score (nSPS) is 16.4. The van der Waals surface area contributed by atoms with Gasteiger partial charge in [-0.1, -0.05) is 12.1 Å². The third-order valence-electron chi connectivity index (χ3n) is 4.00. The molecule has 1 heterocycles. The number of rotatable bonds is 3. The summed E-state index contributed by atoms with van der Waals surface area (Å²) in [5, 5.41) is 2.68. The van der Waals surface area contributed by atoms with Crippen molar-refractivity contribution in [3.63, 3.8) is 0 Å². The van der Waals surface area contributed by atoms with Gasteiger partial charge < -0.3 is 15.0 Å². The molecule has 7 nitrogen and oxygen atoms in total. The highest BCUT2D eigenvalue weighted by Crippen LogP contribution is 2.33. The van der Waals surface area contributed by atoms with Crippen LogP contribution in [0.4, 0.5) is 11.4 Å². The highest BCUT2D eigenvalue weighted by molar-refractivity contribution is 7.90. The molecule has 0 saturated carbocycles. The number of carbonyl (C=O) groups excluding carboxylic acids is 2. The summed E-state index contributed by atoms with van der Waals surface area (Å²) >= 11 is 0. The fourth-order valence-electron chi connectivity index (χ4n) is 2.68. The third-order valence-corrected chi connectivity index (χ3v) is 5.12. The maximum Gasteiger partial charge on any atom is 0.267 e. The Bertz CT molecular complexity index is 954. The van der Waals surface area contributed by atoms with Gasteiger partial charge in [-0.25, -0.2) is 8.42 Å². The summed E-state index contributed by atoms with van der Waals surface area (Å²) in [6, 6.07) is 12.9. The molecule has 136 valence electrons. The van der Waals surface area contributed by atoms with Crippen LogP contribution in [0.2, 0.25) is 0 Å². The summed E-state index contributed by atoms with van der Waals surface area (Å²) in [5.74, 6) is -0.143. The first-order chi connectivity index (χ1) is 12.3. The van der Waals surface area contributed by atoms with E-state index in [9.17, 15) is 18.0 Å². The molecule has 0 radical (unpaired) electrons. The van der Waals surface area contributed by atoms with E-state index in [4.69, 9.17) is 4.74 Å². The van der Waals surface area contributed by atoms with Crippen LogP contribution in [0, 0.1) is 0 Å². The van der Waals surface area contributed by atoms with E-state index >= 15 is 0 Å². The molecule has 8 heteroatoms. The first kappa shape index (κ1) is 17.9. The van der Waals surface area contributed by atoms with Gasteiger partial charge >= 0.3 is 0 Å². The number of hydrogen-bond acceptors (Lipinski definition) is 5. The fourth-order valence-corrected chi connectivity index (χ4v) is 3.31. The summed E-state index contributed by atoms with van der Waals surface area (Å²) in [7, 11) is -3.30. The van der Waals surface area contributed by atoms with Crippen LogP contribution in [0.25, 0.3) is 0 Å². The lowest BCUT2D eigenvalue weighted by Gasteiger charge is -2.33. The Labute approximate surface area is 151 Å². The summed E-state index contributed by atoms with van der Waals surface area (Å²) in [4.78, 5) is 26.1. The lowest BCUT2D eigenvalue weighted by molar-refractivity contribution is -0.123. The van der Waals surface area contributed by atoms with E-state index in [1.807, 2.05) is 0 Å². The molecule has 0 aliphatic carbocycles. The van der Waals surface area contributed by atoms with Crippen molar-refractivity contribution in [2.45, 2.75) is 17.9 Å². The highest BCUT2D eigenvalue weighted by atomic mass is 32.2.